The number of H-pyrrole nitrogens is 1. The third-order valence-corrected chi connectivity index (χ3v) is 6.44. The molecule has 1 aliphatic rings. The van der Waals surface area contributed by atoms with Gasteiger partial charge in [-0.25, -0.2) is 0 Å². The SMILES string of the molecule is CNC(=O)c1ccc(-c2cc(O[C@H](C)C(F)(F)F)c3c(N)n[nH]c3c2)cc1N1CCOC(CC(C)C)C1. The Kier molecular flexibility index (Phi) is 7.54. The highest BCUT2D eigenvalue weighted by molar-refractivity contribution is 6.01. The predicted molar refractivity (Wildman–Crippen MR) is 137 cm³/mol. The summed E-state index contributed by atoms with van der Waals surface area (Å²) in [7, 11) is 1.57. The number of hydrogen-bond donors (Lipinski definition) is 3. The summed E-state index contributed by atoms with van der Waals surface area (Å²) in [4.78, 5) is 14.8. The van der Waals surface area contributed by atoms with Gasteiger partial charge in [-0.3, -0.25) is 9.89 Å². The summed E-state index contributed by atoms with van der Waals surface area (Å²) in [6.07, 6.45) is -5.67. The van der Waals surface area contributed by atoms with Crippen LogP contribution in [-0.2, 0) is 4.74 Å². The van der Waals surface area contributed by atoms with Crippen LogP contribution in [0.5, 0.6) is 5.75 Å². The molecule has 0 aliphatic carbocycles. The average molecular weight is 520 g/mol. The zero-order valence-corrected chi connectivity index (χ0v) is 21.3. The van der Waals surface area contributed by atoms with Crippen LogP contribution >= 0.6 is 0 Å². The third-order valence-electron chi connectivity index (χ3n) is 6.44. The molecule has 8 nitrogen and oxygen atoms in total. The predicted octanol–water partition coefficient (Wildman–Crippen LogP) is 4.75. The van der Waals surface area contributed by atoms with E-state index in [1.807, 2.05) is 6.07 Å². The third kappa shape index (κ3) is 5.76. The number of nitrogens with one attached hydrogen (secondary N) is 2. The Morgan fingerprint density at radius 3 is 2.70 bits per heavy atom. The molecule has 2 atom stereocenters. The van der Waals surface area contributed by atoms with E-state index < -0.39 is 12.3 Å². The van der Waals surface area contributed by atoms with Crippen molar-refractivity contribution in [1.29, 1.82) is 0 Å². The molecule has 4 rings (SSSR count). The van der Waals surface area contributed by atoms with E-state index in [1.54, 1.807) is 25.2 Å². The second-order valence-electron chi connectivity index (χ2n) is 9.69. The molecule has 1 amide bonds. The molecule has 3 aromatic rings. The van der Waals surface area contributed by atoms with Crippen LogP contribution in [-0.4, -0.2) is 61.2 Å². The number of hydrogen-bond acceptors (Lipinski definition) is 6. The van der Waals surface area contributed by atoms with Gasteiger partial charge in [-0.05, 0) is 54.7 Å². The van der Waals surface area contributed by atoms with Gasteiger partial charge in [0.25, 0.3) is 5.91 Å². The van der Waals surface area contributed by atoms with Crippen LogP contribution in [0, 0.1) is 5.92 Å². The van der Waals surface area contributed by atoms with Crippen molar-refractivity contribution in [2.45, 2.75) is 45.6 Å². The van der Waals surface area contributed by atoms with E-state index in [0.29, 0.717) is 47.8 Å². The Morgan fingerprint density at radius 2 is 2.03 bits per heavy atom. The molecule has 1 saturated heterocycles. The maximum Gasteiger partial charge on any atom is 0.425 e. The number of nitrogens with zero attached hydrogens (tertiary/aromatic N) is 2. The van der Waals surface area contributed by atoms with Crippen LogP contribution in [0.2, 0.25) is 0 Å². The number of alkyl halides is 3. The number of nitrogen functional groups attached to an aromatic ring is 1. The minimum atomic E-state index is -4.55. The van der Waals surface area contributed by atoms with Crippen LogP contribution in [0.1, 0.15) is 37.6 Å². The fourth-order valence-corrected chi connectivity index (χ4v) is 4.57. The maximum absolute atomic E-state index is 13.3. The molecule has 1 aliphatic heterocycles. The van der Waals surface area contributed by atoms with Crippen LogP contribution in [0.3, 0.4) is 0 Å². The molecule has 1 fully saturated rings. The van der Waals surface area contributed by atoms with Crippen molar-refractivity contribution < 1.29 is 27.4 Å². The lowest BCUT2D eigenvalue weighted by Crippen LogP contribution is -2.43. The number of ether oxygens (including phenoxy) is 2. The molecule has 0 saturated carbocycles. The normalized spacial score (nSPS) is 17.3. The van der Waals surface area contributed by atoms with Crippen LogP contribution in [0.4, 0.5) is 24.7 Å². The van der Waals surface area contributed by atoms with Gasteiger partial charge >= 0.3 is 6.18 Å². The van der Waals surface area contributed by atoms with Crippen molar-refractivity contribution in [1.82, 2.24) is 15.5 Å². The standard InChI is InChI=1S/C26H32F3N5O3/c1-14(2)9-18-13-34(7-8-36-18)21-11-16(5-6-19(21)25(35)31-4)17-10-20-23(24(30)33-32-20)22(12-17)37-15(3)26(27,28)29/h5-6,10-12,14-15,18H,7-9,13H2,1-4H3,(H,31,35)(H3,30,32,33)/t15-,18?/m1/s1. The fourth-order valence-electron chi connectivity index (χ4n) is 4.57. The number of fused-ring (bicyclic) bond motifs is 1. The summed E-state index contributed by atoms with van der Waals surface area (Å²) in [5, 5.41) is 9.68. The van der Waals surface area contributed by atoms with Crippen molar-refractivity contribution >= 4 is 28.3 Å². The van der Waals surface area contributed by atoms with E-state index in [-0.39, 0.29) is 29.0 Å². The Balaban J connectivity index is 1.78. The van der Waals surface area contributed by atoms with Gasteiger partial charge in [0.05, 0.1) is 34.9 Å². The fraction of sp³-hybridized carbons (Fsp3) is 0.462. The Bertz CT molecular complexity index is 1270. The lowest BCUT2D eigenvalue weighted by molar-refractivity contribution is -0.188. The number of aromatic nitrogens is 2. The zero-order valence-electron chi connectivity index (χ0n) is 21.3. The number of nitrogens with two attached hydrogens (primary N) is 1. The van der Waals surface area contributed by atoms with Crippen molar-refractivity contribution in [2.24, 2.45) is 5.92 Å². The first-order valence-corrected chi connectivity index (χ1v) is 12.2. The Hall–Kier alpha value is -3.47. The molecule has 1 aromatic heterocycles. The average Bonchev–Trinajstić information content (AvgIpc) is 3.23. The van der Waals surface area contributed by atoms with Crippen molar-refractivity contribution in [3.05, 3.63) is 35.9 Å². The molecule has 2 aromatic carbocycles. The van der Waals surface area contributed by atoms with E-state index in [4.69, 9.17) is 15.2 Å². The topological polar surface area (TPSA) is 106 Å². The molecular formula is C26H32F3N5O3. The number of rotatable bonds is 7. The van der Waals surface area contributed by atoms with Gasteiger partial charge in [0.1, 0.15) is 5.75 Å². The lowest BCUT2D eigenvalue weighted by atomic mass is 9.98. The lowest BCUT2D eigenvalue weighted by Gasteiger charge is -2.36. The van der Waals surface area contributed by atoms with Crippen LogP contribution in [0.15, 0.2) is 30.3 Å². The molecule has 11 heteroatoms. The minimum absolute atomic E-state index is 0.0242. The number of aromatic amines is 1. The molecule has 4 N–H and O–H groups in total. The number of amides is 1. The number of morpholine rings is 1. The number of carbonyl (C=O) groups excluding carboxylic acids is 1. The second kappa shape index (κ2) is 10.5. The molecule has 37 heavy (non-hydrogen) atoms. The van der Waals surface area contributed by atoms with Crippen molar-refractivity contribution in [3.8, 4) is 16.9 Å². The highest BCUT2D eigenvalue weighted by Gasteiger charge is 2.38. The quantitative estimate of drug-likeness (QED) is 0.416. The van der Waals surface area contributed by atoms with Gasteiger partial charge in [-0.2, -0.15) is 18.3 Å². The summed E-state index contributed by atoms with van der Waals surface area (Å²) >= 11 is 0. The van der Waals surface area contributed by atoms with Gasteiger partial charge < -0.3 is 25.4 Å². The highest BCUT2D eigenvalue weighted by atomic mass is 19.4. The van der Waals surface area contributed by atoms with Crippen molar-refractivity contribution in [3.63, 3.8) is 0 Å². The van der Waals surface area contributed by atoms with Crippen LogP contribution < -0.4 is 20.7 Å². The van der Waals surface area contributed by atoms with Gasteiger partial charge in [-0.15, -0.1) is 0 Å². The number of benzene rings is 2. The Labute approximate surface area is 213 Å². The van der Waals surface area contributed by atoms with Gasteiger partial charge in [0.2, 0.25) is 0 Å². The molecular weight excluding hydrogens is 487 g/mol. The molecule has 0 bridgehead atoms. The molecule has 1 unspecified atom stereocenters. The summed E-state index contributed by atoms with van der Waals surface area (Å²) in [6, 6.07) is 8.64. The summed E-state index contributed by atoms with van der Waals surface area (Å²) < 4.78 is 51.1. The molecule has 0 radical (unpaired) electrons. The van der Waals surface area contributed by atoms with Gasteiger partial charge in [-0.1, -0.05) is 19.9 Å². The zero-order chi connectivity index (χ0) is 26.9. The van der Waals surface area contributed by atoms with Crippen molar-refractivity contribution in [2.75, 3.05) is 37.4 Å². The number of anilines is 2. The van der Waals surface area contributed by atoms with E-state index in [2.05, 4.69) is 34.3 Å². The molecule has 0 spiro atoms. The molecule has 200 valence electrons. The van der Waals surface area contributed by atoms with Crippen LogP contribution in [0.25, 0.3) is 22.0 Å². The van der Waals surface area contributed by atoms with E-state index in [1.165, 1.54) is 6.07 Å². The van der Waals surface area contributed by atoms with E-state index in [0.717, 1.165) is 19.0 Å². The number of halogens is 3. The largest absolute Gasteiger partial charge is 0.480 e. The summed E-state index contributed by atoms with van der Waals surface area (Å²) in [5.74, 6) is 0.254. The van der Waals surface area contributed by atoms with Gasteiger partial charge in [0.15, 0.2) is 11.9 Å². The first-order chi connectivity index (χ1) is 17.5. The van der Waals surface area contributed by atoms with Gasteiger partial charge in [0, 0.05) is 20.1 Å². The van der Waals surface area contributed by atoms with E-state index in [9.17, 15) is 18.0 Å². The molecule has 2 heterocycles. The highest BCUT2D eigenvalue weighted by Crippen LogP contribution is 2.38. The first kappa shape index (κ1) is 26.6. The second-order valence-corrected chi connectivity index (χ2v) is 9.69. The smallest absolute Gasteiger partial charge is 0.425 e. The van der Waals surface area contributed by atoms with E-state index >= 15 is 0 Å². The summed E-state index contributed by atoms with van der Waals surface area (Å²) in [5.41, 5.74) is 8.89. The minimum Gasteiger partial charge on any atom is -0.480 e. The number of carbonyl (C=O) groups is 1. The first-order valence-electron chi connectivity index (χ1n) is 12.2. The Morgan fingerprint density at radius 1 is 1.27 bits per heavy atom. The monoisotopic (exact) mass is 519 g/mol. The summed E-state index contributed by atoms with van der Waals surface area (Å²) in [6.45, 7) is 6.97. The maximum atomic E-state index is 13.3.